The lowest BCUT2D eigenvalue weighted by atomic mass is 10.1. The summed E-state index contributed by atoms with van der Waals surface area (Å²) < 4.78 is 1.89. The summed E-state index contributed by atoms with van der Waals surface area (Å²) in [4.78, 5) is 4.24. The molecule has 1 aromatic heterocycles. The fourth-order valence-corrected chi connectivity index (χ4v) is 2.00. The Balaban J connectivity index is 1.66. The van der Waals surface area contributed by atoms with Crippen LogP contribution in [0.1, 0.15) is 17.8 Å². The average Bonchev–Trinajstić information content (AvgIpc) is 2.71. The standard InChI is InChI=1S/C14H18ClN3/c1-18-13(15)10-17-14(18)11-16-9-5-8-12-6-3-2-4-7-12/h2-4,6-7,10,16H,5,8-9,11H2,1H3. The number of hydrogen-bond donors (Lipinski definition) is 1. The van der Waals surface area contributed by atoms with Crippen LogP contribution in [0.25, 0.3) is 0 Å². The van der Waals surface area contributed by atoms with E-state index in [4.69, 9.17) is 11.6 Å². The van der Waals surface area contributed by atoms with Gasteiger partial charge in [0.05, 0.1) is 12.7 Å². The molecule has 1 N–H and O–H groups in total. The second-order valence-electron chi connectivity index (χ2n) is 4.32. The predicted molar refractivity (Wildman–Crippen MR) is 74.7 cm³/mol. The van der Waals surface area contributed by atoms with Crippen molar-refractivity contribution in [2.24, 2.45) is 7.05 Å². The summed E-state index contributed by atoms with van der Waals surface area (Å²) in [6.07, 6.45) is 3.92. The number of rotatable bonds is 6. The van der Waals surface area contributed by atoms with Crippen LogP contribution in [0.4, 0.5) is 0 Å². The van der Waals surface area contributed by atoms with Gasteiger partial charge in [0.2, 0.25) is 0 Å². The normalized spacial score (nSPS) is 10.8. The summed E-state index contributed by atoms with van der Waals surface area (Å²) in [5.74, 6) is 0.972. The highest BCUT2D eigenvalue weighted by atomic mass is 35.5. The Bertz CT molecular complexity index is 479. The number of benzene rings is 1. The molecule has 18 heavy (non-hydrogen) atoms. The maximum Gasteiger partial charge on any atom is 0.128 e. The van der Waals surface area contributed by atoms with Gasteiger partial charge >= 0.3 is 0 Å². The Morgan fingerprint density at radius 2 is 2.06 bits per heavy atom. The highest BCUT2D eigenvalue weighted by molar-refractivity contribution is 6.29. The summed E-state index contributed by atoms with van der Waals surface area (Å²) in [6.45, 7) is 1.75. The van der Waals surface area contributed by atoms with E-state index in [1.165, 1.54) is 5.56 Å². The molecule has 0 fully saturated rings. The third-order valence-corrected chi connectivity index (χ3v) is 3.32. The molecule has 4 heteroatoms. The minimum Gasteiger partial charge on any atom is -0.321 e. The minimum atomic E-state index is 0.677. The molecule has 0 aliphatic heterocycles. The van der Waals surface area contributed by atoms with Crippen LogP contribution < -0.4 is 5.32 Å². The molecule has 0 aliphatic carbocycles. The Labute approximate surface area is 113 Å². The number of imidazole rings is 1. The number of nitrogens with one attached hydrogen (secondary N) is 1. The molecule has 96 valence electrons. The molecule has 1 aromatic carbocycles. The van der Waals surface area contributed by atoms with Gasteiger partial charge in [-0.25, -0.2) is 4.98 Å². The molecule has 0 unspecified atom stereocenters. The SMILES string of the molecule is Cn1c(Cl)cnc1CNCCCc1ccccc1. The smallest absolute Gasteiger partial charge is 0.128 e. The van der Waals surface area contributed by atoms with Gasteiger partial charge in [0.25, 0.3) is 0 Å². The molecular formula is C14H18ClN3. The van der Waals surface area contributed by atoms with Crippen molar-refractivity contribution in [3.05, 3.63) is 53.1 Å². The van der Waals surface area contributed by atoms with Gasteiger partial charge in [-0.05, 0) is 24.9 Å². The van der Waals surface area contributed by atoms with Crippen LogP contribution in [0.2, 0.25) is 5.15 Å². The lowest BCUT2D eigenvalue weighted by Gasteiger charge is -2.05. The molecule has 2 rings (SSSR count). The van der Waals surface area contributed by atoms with Crippen LogP contribution in [-0.4, -0.2) is 16.1 Å². The summed E-state index contributed by atoms with van der Waals surface area (Å²) in [6, 6.07) is 10.5. The maximum absolute atomic E-state index is 5.92. The number of hydrogen-bond acceptors (Lipinski definition) is 2. The first-order valence-electron chi connectivity index (χ1n) is 6.18. The molecule has 0 spiro atoms. The third-order valence-electron chi connectivity index (χ3n) is 2.97. The van der Waals surface area contributed by atoms with E-state index in [1.54, 1.807) is 6.20 Å². The second-order valence-corrected chi connectivity index (χ2v) is 4.71. The zero-order valence-electron chi connectivity index (χ0n) is 10.6. The van der Waals surface area contributed by atoms with Crippen molar-refractivity contribution in [2.75, 3.05) is 6.54 Å². The Kier molecular flexibility index (Phi) is 4.79. The monoisotopic (exact) mass is 263 g/mol. The third kappa shape index (κ3) is 3.59. The van der Waals surface area contributed by atoms with E-state index in [0.717, 1.165) is 31.8 Å². The molecular weight excluding hydrogens is 246 g/mol. The Hall–Kier alpha value is -1.32. The number of aromatic nitrogens is 2. The zero-order chi connectivity index (χ0) is 12.8. The van der Waals surface area contributed by atoms with Gasteiger partial charge in [-0.3, -0.25) is 0 Å². The van der Waals surface area contributed by atoms with Gasteiger partial charge < -0.3 is 9.88 Å². The van der Waals surface area contributed by atoms with E-state index in [0.29, 0.717) is 5.15 Å². The van der Waals surface area contributed by atoms with Crippen LogP contribution >= 0.6 is 11.6 Å². The van der Waals surface area contributed by atoms with E-state index in [1.807, 2.05) is 17.7 Å². The van der Waals surface area contributed by atoms with Crippen LogP contribution in [0.3, 0.4) is 0 Å². The molecule has 2 aromatic rings. The second kappa shape index (κ2) is 6.57. The number of aryl methyl sites for hydroxylation is 1. The topological polar surface area (TPSA) is 29.9 Å². The van der Waals surface area contributed by atoms with Gasteiger partial charge in [0, 0.05) is 7.05 Å². The van der Waals surface area contributed by atoms with Crippen molar-refractivity contribution in [1.29, 1.82) is 0 Å². The largest absolute Gasteiger partial charge is 0.321 e. The van der Waals surface area contributed by atoms with Crippen molar-refractivity contribution >= 4 is 11.6 Å². The predicted octanol–water partition coefficient (Wildman–Crippen LogP) is 2.80. The average molecular weight is 264 g/mol. The number of nitrogens with zero attached hydrogens (tertiary/aromatic N) is 2. The Morgan fingerprint density at radius 3 is 2.72 bits per heavy atom. The fraction of sp³-hybridized carbons (Fsp3) is 0.357. The molecule has 0 aliphatic rings. The molecule has 3 nitrogen and oxygen atoms in total. The van der Waals surface area contributed by atoms with Crippen molar-refractivity contribution in [1.82, 2.24) is 14.9 Å². The van der Waals surface area contributed by atoms with Crippen molar-refractivity contribution in [3.63, 3.8) is 0 Å². The van der Waals surface area contributed by atoms with Gasteiger partial charge in [0.15, 0.2) is 0 Å². The van der Waals surface area contributed by atoms with Crippen molar-refractivity contribution < 1.29 is 0 Å². The molecule has 0 saturated heterocycles. The summed E-state index contributed by atoms with van der Waals surface area (Å²) in [5.41, 5.74) is 1.39. The molecule has 0 atom stereocenters. The zero-order valence-corrected chi connectivity index (χ0v) is 11.3. The Morgan fingerprint density at radius 1 is 1.28 bits per heavy atom. The van der Waals surface area contributed by atoms with Crippen molar-refractivity contribution in [2.45, 2.75) is 19.4 Å². The van der Waals surface area contributed by atoms with Gasteiger partial charge in [-0.1, -0.05) is 41.9 Å². The molecule has 0 bridgehead atoms. The summed E-state index contributed by atoms with van der Waals surface area (Å²) in [5, 5.41) is 4.06. The molecule has 0 saturated carbocycles. The van der Waals surface area contributed by atoms with E-state index in [9.17, 15) is 0 Å². The first-order valence-corrected chi connectivity index (χ1v) is 6.56. The first-order chi connectivity index (χ1) is 8.77. The first kappa shape index (κ1) is 13.1. The van der Waals surface area contributed by atoms with Gasteiger partial charge in [-0.15, -0.1) is 0 Å². The quantitative estimate of drug-likeness (QED) is 0.813. The molecule has 1 heterocycles. The van der Waals surface area contributed by atoms with Crippen LogP contribution in [0, 0.1) is 0 Å². The molecule has 0 radical (unpaired) electrons. The van der Waals surface area contributed by atoms with Gasteiger partial charge in [-0.2, -0.15) is 0 Å². The van der Waals surface area contributed by atoms with Crippen LogP contribution in [0.15, 0.2) is 36.5 Å². The van der Waals surface area contributed by atoms with Gasteiger partial charge in [0.1, 0.15) is 11.0 Å². The molecule has 0 amide bonds. The lowest BCUT2D eigenvalue weighted by Crippen LogP contribution is -2.18. The van der Waals surface area contributed by atoms with E-state index >= 15 is 0 Å². The fourth-order valence-electron chi connectivity index (χ4n) is 1.85. The van der Waals surface area contributed by atoms with E-state index in [2.05, 4.69) is 34.6 Å². The highest BCUT2D eigenvalue weighted by Gasteiger charge is 2.02. The summed E-state index contributed by atoms with van der Waals surface area (Å²) >= 11 is 5.92. The van der Waals surface area contributed by atoms with Crippen LogP contribution in [-0.2, 0) is 20.0 Å². The van der Waals surface area contributed by atoms with E-state index < -0.39 is 0 Å². The lowest BCUT2D eigenvalue weighted by molar-refractivity contribution is 0.614. The van der Waals surface area contributed by atoms with E-state index in [-0.39, 0.29) is 0 Å². The highest BCUT2D eigenvalue weighted by Crippen LogP contribution is 2.08. The summed E-state index contributed by atoms with van der Waals surface area (Å²) in [7, 11) is 1.93. The minimum absolute atomic E-state index is 0.677. The van der Waals surface area contributed by atoms with Crippen LogP contribution in [0.5, 0.6) is 0 Å². The number of halogens is 1. The maximum atomic E-state index is 5.92. The van der Waals surface area contributed by atoms with Crippen molar-refractivity contribution in [3.8, 4) is 0 Å².